The van der Waals surface area contributed by atoms with Crippen molar-refractivity contribution in [3.8, 4) is 0 Å². The molecule has 2 atom stereocenters. The highest BCUT2D eigenvalue weighted by Gasteiger charge is 2.10. The number of rotatable bonds is 9. The van der Waals surface area contributed by atoms with Gasteiger partial charge in [-0.3, -0.25) is 0 Å². The molecule has 18 heavy (non-hydrogen) atoms. The van der Waals surface area contributed by atoms with E-state index in [9.17, 15) is 5.11 Å². The van der Waals surface area contributed by atoms with E-state index < -0.39 is 6.10 Å². The van der Waals surface area contributed by atoms with Crippen molar-refractivity contribution in [2.75, 3.05) is 26.9 Å². The lowest BCUT2D eigenvalue weighted by atomic mass is 10.3. The second-order valence-corrected chi connectivity index (χ2v) is 4.16. The molecule has 7 nitrogen and oxygen atoms in total. The Kier molecular flexibility index (Phi) is 6.81. The fourth-order valence-corrected chi connectivity index (χ4v) is 1.48. The number of hydrogen-bond donors (Lipinski definition) is 2. The molecule has 0 aromatic carbocycles. The van der Waals surface area contributed by atoms with Crippen LogP contribution in [0.3, 0.4) is 0 Å². The highest BCUT2D eigenvalue weighted by Crippen LogP contribution is 1.99. The molecule has 2 unspecified atom stereocenters. The molecule has 0 aliphatic rings. The number of ether oxygens (including phenoxy) is 2. The minimum absolute atomic E-state index is 0.0406. The van der Waals surface area contributed by atoms with E-state index in [0.717, 1.165) is 0 Å². The first-order valence-corrected chi connectivity index (χ1v) is 5.94. The maximum absolute atomic E-state index is 9.76. The minimum atomic E-state index is -0.645. The van der Waals surface area contributed by atoms with Gasteiger partial charge in [-0.15, -0.1) is 5.10 Å². The van der Waals surface area contributed by atoms with Gasteiger partial charge in [0.1, 0.15) is 0 Å². The van der Waals surface area contributed by atoms with Crippen molar-refractivity contribution in [3.05, 3.63) is 11.9 Å². The summed E-state index contributed by atoms with van der Waals surface area (Å²) in [5, 5.41) is 26.2. The average Bonchev–Trinajstić information content (AvgIpc) is 2.75. The summed E-state index contributed by atoms with van der Waals surface area (Å²) in [6, 6.07) is 0. The van der Waals surface area contributed by atoms with Gasteiger partial charge in [0.15, 0.2) is 0 Å². The predicted molar refractivity (Wildman–Crippen MR) is 64.1 cm³/mol. The van der Waals surface area contributed by atoms with Gasteiger partial charge in [0, 0.05) is 26.3 Å². The Morgan fingerprint density at radius 1 is 1.44 bits per heavy atom. The molecule has 0 amide bonds. The molecule has 7 heteroatoms. The molecule has 104 valence electrons. The summed E-state index contributed by atoms with van der Waals surface area (Å²) < 4.78 is 11.9. The summed E-state index contributed by atoms with van der Waals surface area (Å²) >= 11 is 0. The summed E-state index contributed by atoms with van der Waals surface area (Å²) in [7, 11) is 1.61. The zero-order valence-corrected chi connectivity index (χ0v) is 10.8. The van der Waals surface area contributed by atoms with E-state index in [4.69, 9.17) is 14.6 Å². The third-order valence-corrected chi connectivity index (χ3v) is 2.33. The van der Waals surface area contributed by atoms with Gasteiger partial charge in [0.2, 0.25) is 0 Å². The van der Waals surface area contributed by atoms with Gasteiger partial charge in [0.25, 0.3) is 0 Å². The third kappa shape index (κ3) is 5.54. The lowest BCUT2D eigenvalue weighted by Crippen LogP contribution is -2.26. The molecule has 1 heterocycles. The van der Waals surface area contributed by atoms with Gasteiger partial charge in [-0.05, 0) is 6.92 Å². The topological polar surface area (TPSA) is 89.6 Å². The predicted octanol–water partition coefficient (Wildman–Crippen LogP) is -0.775. The first-order valence-electron chi connectivity index (χ1n) is 5.94. The summed E-state index contributed by atoms with van der Waals surface area (Å²) in [4.78, 5) is 0. The Morgan fingerprint density at radius 2 is 2.22 bits per heavy atom. The zero-order chi connectivity index (χ0) is 13.4. The normalized spacial score (nSPS) is 14.7. The van der Waals surface area contributed by atoms with Crippen LogP contribution >= 0.6 is 0 Å². The van der Waals surface area contributed by atoms with Gasteiger partial charge in [-0.2, -0.15) is 0 Å². The van der Waals surface area contributed by atoms with Gasteiger partial charge in [0.05, 0.1) is 37.7 Å². The minimum Gasteiger partial charge on any atom is -0.396 e. The van der Waals surface area contributed by atoms with E-state index >= 15 is 0 Å². The van der Waals surface area contributed by atoms with Crippen molar-refractivity contribution in [2.45, 2.75) is 32.1 Å². The first-order chi connectivity index (χ1) is 8.65. The quantitative estimate of drug-likeness (QED) is 0.605. The van der Waals surface area contributed by atoms with E-state index in [1.807, 2.05) is 6.92 Å². The van der Waals surface area contributed by atoms with Gasteiger partial charge < -0.3 is 19.7 Å². The Morgan fingerprint density at radius 3 is 2.89 bits per heavy atom. The summed E-state index contributed by atoms with van der Waals surface area (Å²) in [6.07, 6.45) is 1.48. The second-order valence-electron chi connectivity index (χ2n) is 4.16. The summed E-state index contributed by atoms with van der Waals surface area (Å²) in [5.41, 5.74) is 0.707. The van der Waals surface area contributed by atoms with Crippen molar-refractivity contribution in [3.63, 3.8) is 0 Å². The lowest BCUT2D eigenvalue weighted by Gasteiger charge is -2.15. The van der Waals surface area contributed by atoms with E-state index in [0.29, 0.717) is 25.3 Å². The number of hydrogen-bond acceptors (Lipinski definition) is 6. The van der Waals surface area contributed by atoms with Crippen LogP contribution in [0.15, 0.2) is 6.20 Å². The van der Waals surface area contributed by atoms with Crippen LogP contribution in [0.25, 0.3) is 0 Å². The molecule has 0 spiro atoms. The van der Waals surface area contributed by atoms with Crippen LogP contribution in [0.2, 0.25) is 0 Å². The standard InChI is InChI=1S/C11H21N3O4/c1-9(7-17-2)18-8-11(16)6-14-5-10(3-4-15)12-13-14/h5,9,11,15-16H,3-4,6-8H2,1-2H3. The smallest absolute Gasteiger partial charge is 0.0969 e. The molecule has 0 fully saturated rings. The lowest BCUT2D eigenvalue weighted by molar-refractivity contribution is -0.0365. The molecule has 0 bridgehead atoms. The zero-order valence-electron chi connectivity index (χ0n) is 10.8. The van der Waals surface area contributed by atoms with Gasteiger partial charge in [-0.1, -0.05) is 5.21 Å². The van der Waals surface area contributed by atoms with Crippen LogP contribution in [-0.2, 0) is 22.4 Å². The maximum Gasteiger partial charge on any atom is 0.0969 e. The third-order valence-electron chi connectivity index (χ3n) is 2.33. The maximum atomic E-state index is 9.76. The number of aliphatic hydroxyl groups excluding tert-OH is 2. The largest absolute Gasteiger partial charge is 0.396 e. The molecule has 0 aliphatic carbocycles. The first kappa shape index (κ1) is 15.0. The number of nitrogens with zero attached hydrogens (tertiary/aromatic N) is 3. The highest BCUT2D eigenvalue weighted by atomic mass is 16.5. The van der Waals surface area contributed by atoms with Crippen molar-refractivity contribution >= 4 is 0 Å². The molecule has 0 aliphatic heterocycles. The van der Waals surface area contributed by atoms with Crippen LogP contribution in [0.5, 0.6) is 0 Å². The molecule has 2 N–H and O–H groups in total. The van der Waals surface area contributed by atoms with E-state index in [-0.39, 0.29) is 19.3 Å². The molecule has 0 saturated carbocycles. The van der Waals surface area contributed by atoms with Crippen LogP contribution in [-0.4, -0.2) is 64.3 Å². The van der Waals surface area contributed by atoms with Crippen molar-refractivity contribution < 1.29 is 19.7 Å². The fourth-order valence-electron chi connectivity index (χ4n) is 1.48. The summed E-state index contributed by atoms with van der Waals surface area (Å²) in [6.45, 7) is 2.96. The molecule has 1 aromatic rings. The van der Waals surface area contributed by atoms with Crippen molar-refractivity contribution in [2.24, 2.45) is 0 Å². The molecular weight excluding hydrogens is 238 g/mol. The number of aromatic nitrogens is 3. The second kappa shape index (κ2) is 8.15. The Bertz CT molecular complexity index is 332. The molecule has 1 rings (SSSR count). The van der Waals surface area contributed by atoms with Crippen molar-refractivity contribution in [1.29, 1.82) is 0 Å². The van der Waals surface area contributed by atoms with Crippen molar-refractivity contribution in [1.82, 2.24) is 15.0 Å². The van der Waals surface area contributed by atoms with E-state index in [1.165, 1.54) is 0 Å². The molecule has 0 radical (unpaired) electrons. The van der Waals surface area contributed by atoms with Crippen LogP contribution < -0.4 is 0 Å². The molecule has 0 saturated heterocycles. The molecule has 1 aromatic heterocycles. The van der Waals surface area contributed by atoms with E-state index in [2.05, 4.69) is 10.3 Å². The molecular formula is C11H21N3O4. The number of aliphatic hydroxyl groups is 2. The Balaban J connectivity index is 2.28. The van der Waals surface area contributed by atoms with E-state index in [1.54, 1.807) is 18.0 Å². The Hall–Kier alpha value is -1.02. The fraction of sp³-hybridized carbons (Fsp3) is 0.818. The van der Waals surface area contributed by atoms with Crippen LogP contribution in [0, 0.1) is 0 Å². The number of methoxy groups -OCH3 is 1. The van der Waals surface area contributed by atoms with Gasteiger partial charge in [-0.25, -0.2) is 4.68 Å². The van der Waals surface area contributed by atoms with Crippen LogP contribution in [0.4, 0.5) is 0 Å². The average molecular weight is 259 g/mol. The Labute approximate surface area is 106 Å². The summed E-state index contributed by atoms with van der Waals surface area (Å²) in [5.74, 6) is 0. The highest BCUT2D eigenvalue weighted by molar-refractivity contribution is 4.92. The van der Waals surface area contributed by atoms with Gasteiger partial charge >= 0.3 is 0 Å². The van der Waals surface area contributed by atoms with Crippen LogP contribution in [0.1, 0.15) is 12.6 Å². The SMILES string of the molecule is COCC(C)OCC(O)Cn1cc(CCO)nn1. The monoisotopic (exact) mass is 259 g/mol.